The molecule has 1 unspecified atom stereocenters. The van der Waals surface area contributed by atoms with Crippen molar-refractivity contribution < 1.29 is 0 Å². The molecule has 0 saturated carbocycles. The molecule has 4 heteroatoms. The van der Waals surface area contributed by atoms with E-state index in [2.05, 4.69) is 83.8 Å². The van der Waals surface area contributed by atoms with Gasteiger partial charge in [-0.1, -0.05) is 28.1 Å². The second kappa shape index (κ2) is 6.00. The Balaban J connectivity index is 2.26. The molecule has 0 aliphatic carbocycles. The first-order valence-corrected chi connectivity index (χ1v) is 7.77. The zero-order valence-corrected chi connectivity index (χ0v) is 14.3. The van der Waals surface area contributed by atoms with E-state index in [1.807, 2.05) is 6.07 Å². The third-order valence-electron chi connectivity index (χ3n) is 3.52. The molecule has 20 heavy (non-hydrogen) atoms. The summed E-state index contributed by atoms with van der Waals surface area (Å²) in [5.41, 5.74) is 4.65. The SMILES string of the molecule is Cc1nn(C(C)C)c(C)c1NC(C)c1cccc(Br)c1. The predicted octanol–water partition coefficient (Wildman–Crippen LogP) is 5.02. The minimum Gasteiger partial charge on any atom is -0.376 e. The lowest BCUT2D eigenvalue weighted by molar-refractivity contribution is 0.516. The molecule has 108 valence electrons. The molecule has 0 spiro atoms. The molecule has 1 atom stereocenters. The zero-order chi connectivity index (χ0) is 14.9. The maximum Gasteiger partial charge on any atom is 0.0828 e. The number of hydrogen-bond acceptors (Lipinski definition) is 2. The number of aromatic nitrogens is 2. The van der Waals surface area contributed by atoms with Gasteiger partial charge in [-0.15, -0.1) is 0 Å². The Labute approximate surface area is 129 Å². The second-order valence-corrected chi connectivity index (χ2v) is 6.42. The molecule has 3 nitrogen and oxygen atoms in total. The van der Waals surface area contributed by atoms with E-state index in [-0.39, 0.29) is 6.04 Å². The van der Waals surface area contributed by atoms with E-state index in [4.69, 9.17) is 0 Å². The van der Waals surface area contributed by atoms with Crippen molar-refractivity contribution in [1.82, 2.24) is 9.78 Å². The van der Waals surface area contributed by atoms with E-state index in [0.717, 1.165) is 15.9 Å². The molecular formula is C16H22BrN3. The van der Waals surface area contributed by atoms with E-state index >= 15 is 0 Å². The number of halogens is 1. The Bertz CT molecular complexity index is 602. The maximum atomic E-state index is 4.62. The number of nitrogens with zero attached hydrogens (tertiary/aromatic N) is 2. The van der Waals surface area contributed by atoms with Crippen LogP contribution >= 0.6 is 15.9 Å². The van der Waals surface area contributed by atoms with Gasteiger partial charge in [0, 0.05) is 16.6 Å². The van der Waals surface area contributed by atoms with E-state index in [0.29, 0.717) is 6.04 Å². The van der Waals surface area contributed by atoms with Gasteiger partial charge in [0.2, 0.25) is 0 Å². The van der Waals surface area contributed by atoms with Crippen LogP contribution in [-0.2, 0) is 0 Å². The summed E-state index contributed by atoms with van der Waals surface area (Å²) in [5.74, 6) is 0. The van der Waals surface area contributed by atoms with Crippen LogP contribution in [0.3, 0.4) is 0 Å². The summed E-state index contributed by atoms with van der Waals surface area (Å²) in [6.07, 6.45) is 0. The minimum absolute atomic E-state index is 0.245. The summed E-state index contributed by atoms with van der Waals surface area (Å²) < 4.78 is 3.18. The van der Waals surface area contributed by atoms with Crippen LogP contribution < -0.4 is 5.32 Å². The molecule has 0 aliphatic rings. The van der Waals surface area contributed by atoms with E-state index in [1.165, 1.54) is 11.3 Å². The van der Waals surface area contributed by atoms with Crippen LogP contribution in [-0.4, -0.2) is 9.78 Å². The highest BCUT2D eigenvalue weighted by atomic mass is 79.9. The Hall–Kier alpha value is -1.29. The Kier molecular flexibility index (Phi) is 4.53. The number of nitrogens with one attached hydrogen (secondary N) is 1. The van der Waals surface area contributed by atoms with Gasteiger partial charge in [-0.05, 0) is 52.3 Å². The van der Waals surface area contributed by atoms with Crippen molar-refractivity contribution in [3.8, 4) is 0 Å². The quantitative estimate of drug-likeness (QED) is 0.850. The topological polar surface area (TPSA) is 29.9 Å². The van der Waals surface area contributed by atoms with Crippen LogP contribution in [0.2, 0.25) is 0 Å². The normalized spacial score (nSPS) is 12.8. The van der Waals surface area contributed by atoms with Crippen LogP contribution in [0, 0.1) is 13.8 Å². The fourth-order valence-electron chi connectivity index (χ4n) is 2.45. The lowest BCUT2D eigenvalue weighted by atomic mass is 10.1. The van der Waals surface area contributed by atoms with Crippen molar-refractivity contribution in [3.63, 3.8) is 0 Å². The molecule has 0 bridgehead atoms. The molecule has 0 radical (unpaired) electrons. The van der Waals surface area contributed by atoms with Crippen molar-refractivity contribution in [2.24, 2.45) is 0 Å². The van der Waals surface area contributed by atoms with E-state index in [9.17, 15) is 0 Å². The predicted molar refractivity (Wildman–Crippen MR) is 88.3 cm³/mol. The van der Waals surface area contributed by atoms with Crippen LogP contribution in [0.15, 0.2) is 28.7 Å². The van der Waals surface area contributed by atoms with Gasteiger partial charge in [0.25, 0.3) is 0 Å². The summed E-state index contributed by atoms with van der Waals surface area (Å²) >= 11 is 3.52. The van der Waals surface area contributed by atoms with Gasteiger partial charge in [-0.25, -0.2) is 0 Å². The fraction of sp³-hybridized carbons (Fsp3) is 0.438. The van der Waals surface area contributed by atoms with Crippen molar-refractivity contribution >= 4 is 21.6 Å². The van der Waals surface area contributed by atoms with Gasteiger partial charge in [0.15, 0.2) is 0 Å². The lowest BCUT2D eigenvalue weighted by Crippen LogP contribution is -2.09. The molecule has 0 aliphatic heterocycles. The van der Waals surface area contributed by atoms with Crippen LogP contribution in [0.25, 0.3) is 0 Å². The molecular weight excluding hydrogens is 314 g/mol. The van der Waals surface area contributed by atoms with Gasteiger partial charge < -0.3 is 5.32 Å². The van der Waals surface area contributed by atoms with Crippen LogP contribution in [0.1, 0.15) is 49.8 Å². The highest BCUT2D eigenvalue weighted by Gasteiger charge is 2.15. The van der Waals surface area contributed by atoms with Crippen molar-refractivity contribution in [1.29, 1.82) is 0 Å². The molecule has 1 N–H and O–H groups in total. The molecule has 0 fully saturated rings. The highest BCUT2D eigenvalue weighted by Crippen LogP contribution is 2.27. The maximum absolute atomic E-state index is 4.62. The van der Waals surface area contributed by atoms with Crippen molar-refractivity contribution in [2.75, 3.05) is 5.32 Å². The lowest BCUT2D eigenvalue weighted by Gasteiger charge is -2.17. The zero-order valence-electron chi connectivity index (χ0n) is 12.7. The standard InChI is InChI=1S/C16H22BrN3/c1-10(2)20-13(5)16(12(4)19-20)18-11(3)14-7-6-8-15(17)9-14/h6-11,18H,1-5H3. The molecule has 2 rings (SSSR count). The molecule has 1 heterocycles. The molecule has 2 aromatic rings. The number of hydrogen-bond donors (Lipinski definition) is 1. The number of aryl methyl sites for hydroxylation is 1. The summed E-state index contributed by atoms with van der Waals surface area (Å²) in [5, 5.41) is 8.21. The van der Waals surface area contributed by atoms with Crippen molar-refractivity contribution in [3.05, 3.63) is 45.7 Å². The number of benzene rings is 1. The second-order valence-electron chi connectivity index (χ2n) is 5.51. The number of anilines is 1. The first-order chi connectivity index (χ1) is 9.40. The van der Waals surface area contributed by atoms with E-state index < -0.39 is 0 Å². The minimum atomic E-state index is 0.245. The Morgan fingerprint density at radius 2 is 1.90 bits per heavy atom. The summed E-state index contributed by atoms with van der Waals surface area (Å²) in [4.78, 5) is 0. The Morgan fingerprint density at radius 3 is 2.45 bits per heavy atom. The van der Waals surface area contributed by atoms with Crippen LogP contribution in [0.4, 0.5) is 5.69 Å². The van der Waals surface area contributed by atoms with Crippen molar-refractivity contribution in [2.45, 2.75) is 46.7 Å². The van der Waals surface area contributed by atoms with Gasteiger partial charge in [0.1, 0.15) is 0 Å². The van der Waals surface area contributed by atoms with Gasteiger partial charge in [0.05, 0.1) is 17.1 Å². The molecule has 1 aromatic heterocycles. The summed E-state index contributed by atoms with van der Waals surface area (Å²) in [6, 6.07) is 9.02. The molecule has 0 saturated heterocycles. The van der Waals surface area contributed by atoms with Gasteiger partial charge in [-0.3, -0.25) is 4.68 Å². The fourth-order valence-corrected chi connectivity index (χ4v) is 2.87. The molecule has 0 amide bonds. The van der Waals surface area contributed by atoms with Crippen LogP contribution in [0.5, 0.6) is 0 Å². The summed E-state index contributed by atoms with van der Waals surface area (Å²) in [6.45, 7) is 10.7. The molecule has 1 aromatic carbocycles. The Morgan fingerprint density at radius 1 is 1.20 bits per heavy atom. The first kappa shape index (κ1) is 15.1. The van der Waals surface area contributed by atoms with Gasteiger partial charge in [-0.2, -0.15) is 5.10 Å². The monoisotopic (exact) mass is 335 g/mol. The largest absolute Gasteiger partial charge is 0.376 e. The average Bonchev–Trinajstić information content (AvgIpc) is 2.67. The van der Waals surface area contributed by atoms with E-state index in [1.54, 1.807) is 0 Å². The highest BCUT2D eigenvalue weighted by molar-refractivity contribution is 9.10. The van der Waals surface area contributed by atoms with Gasteiger partial charge >= 0.3 is 0 Å². The summed E-state index contributed by atoms with van der Waals surface area (Å²) in [7, 11) is 0. The average molecular weight is 336 g/mol. The first-order valence-electron chi connectivity index (χ1n) is 6.98. The third kappa shape index (κ3) is 3.06. The smallest absolute Gasteiger partial charge is 0.0828 e. The third-order valence-corrected chi connectivity index (χ3v) is 4.02. The number of rotatable bonds is 4.